The molecule has 0 radical (unpaired) electrons. The number of carbonyl (C=O) groups excluding carboxylic acids is 2. The molecule has 1 amide bonds. The highest BCUT2D eigenvalue weighted by Gasteiger charge is 2.37. The van der Waals surface area contributed by atoms with Gasteiger partial charge in [0.2, 0.25) is 15.9 Å². The van der Waals surface area contributed by atoms with Crippen LogP contribution in [0.3, 0.4) is 0 Å². The normalized spacial score (nSPS) is 12.7. The van der Waals surface area contributed by atoms with Gasteiger partial charge in [0.05, 0.1) is 4.90 Å². The summed E-state index contributed by atoms with van der Waals surface area (Å²) in [6.45, 7) is 1.89. The lowest BCUT2D eigenvalue weighted by Gasteiger charge is -2.29. The van der Waals surface area contributed by atoms with Crippen LogP contribution < -0.4 is 10.0 Å². The molecular formula is C38H36N2O5S. The van der Waals surface area contributed by atoms with Crippen molar-refractivity contribution in [3.05, 3.63) is 173 Å². The largest absolute Gasteiger partial charge is 0.459 e. The van der Waals surface area contributed by atoms with Gasteiger partial charge in [-0.3, -0.25) is 4.79 Å². The fraction of sp³-hybridized carbons (Fsp3) is 0.158. The summed E-state index contributed by atoms with van der Waals surface area (Å²) >= 11 is 0. The monoisotopic (exact) mass is 632 g/mol. The van der Waals surface area contributed by atoms with Crippen molar-refractivity contribution in [2.24, 2.45) is 0 Å². The van der Waals surface area contributed by atoms with E-state index in [0.29, 0.717) is 0 Å². The molecule has 0 saturated carbocycles. The zero-order chi connectivity index (χ0) is 32.4. The molecule has 5 rings (SSSR count). The van der Waals surface area contributed by atoms with Gasteiger partial charge < -0.3 is 10.1 Å². The quantitative estimate of drug-likeness (QED) is 0.156. The van der Waals surface area contributed by atoms with Gasteiger partial charge in [-0.1, -0.05) is 139 Å². The molecule has 46 heavy (non-hydrogen) atoms. The van der Waals surface area contributed by atoms with E-state index < -0.39 is 39.9 Å². The maximum atomic E-state index is 14.4. The van der Waals surface area contributed by atoms with E-state index in [2.05, 4.69) is 10.0 Å². The predicted octanol–water partition coefficient (Wildman–Crippen LogP) is 5.94. The number of nitrogens with one attached hydrogen (secondary N) is 2. The molecule has 5 aromatic rings. The average Bonchev–Trinajstić information content (AvgIpc) is 3.08. The number of amides is 1. The molecule has 0 unspecified atom stereocenters. The first-order valence-electron chi connectivity index (χ1n) is 15.0. The average molecular weight is 633 g/mol. The SMILES string of the molecule is Cc1ccc(S(=O)(=O)N[C@H](C(=O)N[C@@H](Cc2ccccc2)C(=O)OCc2ccccc2)C(c2ccccc2)c2ccccc2)cc1. The summed E-state index contributed by atoms with van der Waals surface area (Å²) in [7, 11) is -4.17. The van der Waals surface area contributed by atoms with Crippen LogP contribution in [0.2, 0.25) is 0 Å². The summed E-state index contributed by atoms with van der Waals surface area (Å²) < 4.78 is 36.0. The number of rotatable bonds is 13. The van der Waals surface area contributed by atoms with Gasteiger partial charge in [-0.05, 0) is 41.3 Å². The highest BCUT2D eigenvalue weighted by Crippen LogP contribution is 2.30. The molecule has 0 aromatic heterocycles. The summed E-state index contributed by atoms with van der Waals surface area (Å²) in [5, 5.41) is 2.86. The van der Waals surface area contributed by atoms with E-state index in [-0.39, 0.29) is 17.9 Å². The van der Waals surface area contributed by atoms with Crippen LogP contribution in [0.5, 0.6) is 0 Å². The lowest BCUT2D eigenvalue weighted by molar-refractivity contribution is -0.149. The van der Waals surface area contributed by atoms with Crippen molar-refractivity contribution in [3.63, 3.8) is 0 Å². The fourth-order valence-corrected chi connectivity index (χ4v) is 6.47. The predicted molar refractivity (Wildman–Crippen MR) is 178 cm³/mol. The minimum absolute atomic E-state index is 0.0267. The Balaban J connectivity index is 1.52. The van der Waals surface area contributed by atoms with Crippen LogP contribution in [0.4, 0.5) is 0 Å². The first kappa shape index (κ1) is 32.3. The Kier molecular flexibility index (Phi) is 10.8. The molecule has 0 saturated heterocycles. The molecule has 2 N–H and O–H groups in total. The molecule has 234 valence electrons. The van der Waals surface area contributed by atoms with Crippen molar-refractivity contribution in [1.82, 2.24) is 10.0 Å². The van der Waals surface area contributed by atoms with Crippen LogP contribution >= 0.6 is 0 Å². The summed E-state index contributed by atoms with van der Waals surface area (Å²) in [5.74, 6) is -2.01. The van der Waals surface area contributed by atoms with E-state index in [1.54, 1.807) is 12.1 Å². The third-order valence-electron chi connectivity index (χ3n) is 7.65. The molecule has 2 atom stereocenters. The molecule has 0 aliphatic carbocycles. The number of hydrogen-bond donors (Lipinski definition) is 2. The van der Waals surface area contributed by atoms with Crippen LogP contribution in [-0.2, 0) is 37.4 Å². The number of sulfonamides is 1. The maximum absolute atomic E-state index is 14.4. The Labute approximate surface area is 270 Å². The number of esters is 1. The molecule has 0 aliphatic rings. The van der Waals surface area contributed by atoms with Gasteiger partial charge in [-0.2, -0.15) is 4.72 Å². The number of ether oxygens (including phenoxy) is 1. The van der Waals surface area contributed by atoms with E-state index >= 15 is 0 Å². The van der Waals surface area contributed by atoms with Gasteiger partial charge in [-0.15, -0.1) is 0 Å². The van der Waals surface area contributed by atoms with Crippen molar-refractivity contribution in [2.45, 2.75) is 42.8 Å². The Morgan fingerprint density at radius 3 is 1.65 bits per heavy atom. The summed E-state index contributed by atoms with van der Waals surface area (Å²) in [4.78, 5) is 28.0. The second-order valence-corrected chi connectivity index (χ2v) is 12.8. The molecule has 8 heteroatoms. The molecule has 5 aromatic carbocycles. The Morgan fingerprint density at radius 1 is 0.652 bits per heavy atom. The van der Waals surface area contributed by atoms with Gasteiger partial charge >= 0.3 is 5.97 Å². The third kappa shape index (κ3) is 8.56. The Hall–Kier alpha value is -5.05. The van der Waals surface area contributed by atoms with E-state index in [0.717, 1.165) is 27.8 Å². The van der Waals surface area contributed by atoms with E-state index in [9.17, 15) is 18.0 Å². The minimum Gasteiger partial charge on any atom is -0.459 e. The molecular weight excluding hydrogens is 596 g/mol. The summed E-state index contributed by atoms with van der Waals surface area (Å²) in [6, 6.07) is 41.1. The van der Waals surface area contributed by atoms with E-state index in [1.165, 1.54) is 12.1 Å². The minimum atomic E-state index is -4.17. The first-order valence-corrected chi connectivity index (χ1v) is 16.5. The van der Waals surface area contributed by atoms with Crippen LogP contribution in [0, 0.1) is 6.92 Å². The smallest absolute Gasteiger partial charge is 0.329 e. The van der Waals surface area contributed by atoms with Gasteiger partial charge in [0.25, 0.3) is 0 Å². The first-order chi connectivity index (χ1) is 22.3. The molecule has 0 aliphatic heterocycles. The molecule has 0 heterocycles. The van der Waals surface area contributed by atoms with Crippen LogP contribution in [0.15, 0.2) is 150 Å². The van der Waals surface area contributed by atoms with Gasteiger partial charge in [0, 0.05) is 12.3 Å². The van der Waals surface area contributed by atoms with E-state index in [1.807, 2.05) is 128 Å². The van der Waals surface area contributed by atoms with Crippen molar-refractivity contribution in [3.8, 4) is 0 Å². The highest BCUT2D eigenvalue weighted by atomic mass is 32.2. The van der Waals surface area contributed by atoms with Gasteiger partial charge in [0.1, 0.15) is 18.7 Å². The Morgan fingerprint density at radius 2 is 1.13 bits per heavy atom. The van der Waals surface area contributed by atoms with Crippen LogP contribution in [-0.4, -0.2) is 32.4 Å². The van der Waals surface area contributed by atoms with Gasteiger partial charge in [0.15, 0.2) is 0 Å². The maximum Gasteiger partial charge on any atom is 0.329 e. The van der Waals surface area contributed by atoms with Gasteiger partial charge in [-0.25, -0.2) is 13.2 Å². The lowest BCUT2D eigenvalue weighted by atomic mass is 9.85. The standard InChI is InChI=1S/C38H36N2O5S/c1-28-22-24-33(25-23-28)46(43,44)40-36(35(31-18-10-4-11-19-31)32-20-12-5-13-21-32)37(41)39-34(26-29-14-6-2-7-15-29)38(42)45-27-30-16-8-3-9-17-30/h2-25,34-36,40H,26-27H2,1H3,(H,39,41)/t34-,36-/m0/s1. The van der Waals surface area contributed by atoms with Crippen molar-refractivity contribution >= 4 is 21.9 Å². The van der Waals surface area contributed by atoms with Crippen molar-refractivity contribution in [2.75, 3.05) is 0 Å². The van der Waals surface area contributed by atoms with Crippen LogP contribution in [0.1, 0.15) is 33.7 Å². The number of aryl methyl sites for hydroxylation is 1. The van der Waals surface area contributed by atoms with E-state index in [4.69, 9.17) is 4.74 Å². The molecule has 0 fully saturated rings. The topological polar surface area (TPSA) is 102 Å². The number of hydrogen-bond acceptors (Lipinski definition) is 5. The molecule has 0 spiro atoms. The Bertz CT molecular complexity index is 1780. The fourth-order valence-electron chi connectivity index (χ4n) is 5.26. The summed E-state index contributed by atoms with van der Waals surface area (Å²) in [6.07, 6.45) is 0.152. The lowest BCUT2D eigenvalue weighted by Crippen LogP contribution is -2.54. The van der Waals surface area contributed by atoms with Crippen molar-refractivity contribution < 1.29 is 22.7 Å². The number of benzene rings is 5. The summed E-state index contributed by atoms with van der Waals surface area (Å²) in [5.41, 5.74) is 3.97. The zero-order valence-corrected chi connectivity index (χ0v) is 26.3. The zero-order valence-electron chi connectivity index (χ0n) is 25.5. The molecule has 0 bridgehead atoms. The van der Waals surface area contributed by atoms with Crippen LogP contribution in [0.25, 0.3) is 0 Å². The molecule has 7 nitrogen and oxygen atoms in total. The second-order valence-electron chi connectivity index (χ2n) is 11.1. The number of carbonyl (C=O) groups is 2. The second kappa shape index (κ2) is 15.3. The van der Waals surface area contributed by atoms with Crippen molar-refractivity contribution in [1.29, 1.82) is 0 Å². The highest BCUT2D eigenvalue weighted by molar-refractivity contribution is 7.89. The third-order valence-corrected chi connectivity index (χ3v) is 9.11.